The van der Waals surface area contributed by atoms with Crippen molar-refractivity contribution in [3.63, 3.8) is 0 Å². The van der Waals surface area contributed by atoms with Crippen molar-refractivity contribution in [3.05, 3.63) is 72.6 Å². The zero-order valence-corrected chi connectivity index (χ0v) is 19.2. The molecule has 1 aromatic heterocycles. The molecule has 1 unspecified atom stereocenters. The van der Waals surface area contributed by atoms with Gasteiger partial charge in [-0.1, -0.05) is 30.0 Å². The number of carbonyl (C=O) groups is 1. The van der Waals surface area contributed by atoms with Crippen molar-refractivity contribution in [1.82, 2.24) is 14.8 Å². The van der Waals surface area contributed by atoms with E-state index in [-0.39, 0.29) is 12.5 Å². The van der Waals surface area contributed by atoms with Crippen LogP contribution in [0.2, 0.25) is 0 Å². The van der Waals surface area contributed by atoms with Crippen LogP contribution in [0.25, 0.3) is 0 Å². The first-order valence-corrected chi connectivity index (χ1v) is 11.5. The molecule has 10 heteroatoms. The van der Waals surface area contributed by atoms with Gasteiger partial charge in [-0.3, -0.25) is 9.36 Å². The van der Waals surface area contributed by atoms with Crippen LogP contribution in [0.3, 0.4) is 0 Å². The highest BCUT2D eigenvalue weighted by molar-refractivity contribution is 7.99. The number of para-hydroxylation sites is 1. The number of allylic oxidation sites excluding steroid dienone is 1. The summed E-state index contributed by atoms with van der Waals surface area (Å²) in [5.41, 5.74) is 1.43. The molecule has 2 aliphatic rings. The van der Waals surface area contributed by atoms with Crippen molar-refractivity contribution >= 4 is 29.2 Å². The molecule has 0 fully saturated rings. The second-order valence-electron chi connectivity index (χ2n) is 7.41. The van der Waals surface area contributed by atoms with Gasteiger partial charge in [0.25, 0.3) is 5.91 Å². The van der Waals surface area contributed by atoms with Gasteiger partial charge in [-0.2, -0.15) is 4.99 Å². The average molecular weight is 476 g/mol. The van der Waals surface area contributed by atoms with Gasteiger partial charge in [0.15, 0.2) is 11.0 Å². The lowest BCUT2D eigenvalue weighted by molar-refractivity contribution is -0.121. The molecule has 0 spiro atoms. The predicted octanol–water partition coefficient (Wildman–Crippen LogP) is 3.33. The molecule has 2 aliphatic heterocycles. The van der Waals surface area contributed by atoms with Crippen LogP contribution in [-0.4, -0.2) is 51.2 Å². The van der Waals surface area contributed by atoms with Gasteiger partial charge in [-0.25, -0.2) is 4.99 Å². The molecule has 1 atom stereocenters. The van der Waals surface area contributed by atoms with Crippen LogP contribution < -0.4 is 14.2 Å². The number of hydrogen-bond donors (Lipinski definition) is 0. The summed E-state index contributed by atoms with van der Waals surface area (Å²) in [7, 11) is 1.62. The number of amidine groups is 1. The molecule has 3 heterocycles. The lowest BCUT2D eigenvalue weighted by atomic mass is 10.1. The fraction of sp³-hybridized carbons (Fsp3) is 0.208. The molecule has 172 valence electrons. The summed E-state index contributed by atoms with van der Waals surface area (Å²) in [6.45, 7) is 4.58. The standard InChI is InChI=1S/C24H21N5O4S/c1-3-12-29-20(13-32-16-10-8-15(31-2)9-11-16)27-28-24(29)34-14-19-25-21-17-6-4-5-7-18(17)33-22(21)23(30)26-19/h3-11,22H,1,12-14H2,2H3. The van der Waals surface area contributed by atoms with E-state index in [9.17, 15) is 4.79 Å². The molecule has 0 N–H and O–H groups in total. The van der Waals surface area contributed by atoms with E-state index in [1.807, 2.05) is 53.1 Å². The van der Waals surface area contributed by atoms with Gasteiger partial charge in [-0.05, 0) is 36.4 Å². The van der Waals surface area contributed by atoms with Crippen LogP contribution in [0.5, 0.6) is 17.2 Å². The number of hydrogen-bond acceptors (Lipinski definition) is 8. The van der Waals surface area contributed by atoms with E-state index in [1.165, 1.54) is 11.8 Å². The molecule has 0 bridgehead atoms. The van der Waals surface area contributed by atoms with Gasteiger partial charge in [-0.15, -0.1) is 16.8 Å². The summed E-state index contributed by atoms with van der Waals surface area (Å²) < 4.78 is 18.6. The van der Waals surface area contributed by atoms with Crippen LogP contribution in [-0.2, 0) is 17.9 Å². The Bertz CT molecular complexity index is 1300. The van der Waals surface area contributed by atoms with Crippen LogP contribution >= 0.6 is 11.8 Å². The Labute approximate surface area is 200 Å². The van der Waals surface area contributed by atoms with Gasteiger partial charge in [0.1, 0.15) is 35.4 Å². The fourth-order valence-corrected chi connectivity index (χ4v) is 4.42. The van der Waals surface area contributed by atoms with Gasteiger partial charge >= 0.3 is 0 Å². The summed E-state index contributed by atoms with van der Waals surface area (Å²) in [5.74, 6) is 3.19. The highest BCUT2D eigenvalue weighted by Gasteiger charge is 2.38. The summed E-state index contributed by atoms with van der Waals surface area (Å²) in [6.07, 6.45) is 1.00. The smallest absolute Gasteiger partial charge is 0.294 e. The molecule has 5 rings (SSSR count). The predicted molar refractivity (Wildman–Crippen MR) is 128 cm³/mol. The Morgan fingerprint density at radius 1 is 1.12 bits per heavy atom. The fourth-order valence-electron chi connectivity index (χ4n) is 3.60. The van der Waals surface area contributed by atoms with E-state index in [2.05, 4.69) is 26.8 Å². The number of thioether (sulfide) groups is 1. The van der Waals surface area contributed by atoms with Gasteiger partial charge in [0.2, 0.25) is 6.10 Å². The van der Waals surface area contributed by atoms with Crippen molar-refractivity contribution in [2.24, 2.45) is 9.98 Å². The lowest BCUT2D eigenvalue weighted by Crippen LogP contribution is -2.35. The molecule has 1 amide bonds. The second kappa shape index (κ2) is 9.52. The summed E-state index contributed by atoms with van der Waals surface area (Å²) >= 11 is 1.40. The van der Waals surface area contributed by atoms with Crippen LogP contribution in [0.4, 0.5) is 0 Å². The Balaban J connectivity index is 1.29. The number of rotatable bonds is 9. The maximum absolute atomic E-state index is 12.5. The minimum Gasteiger partial charge on any atom is -0.497 e. The molecular formula is C24H21N5O4S. The maximum Gasteiger partial charge on any atom is 0.294 e. The number of fused-ring (bicyclic) bond motifs is 3. The molecule has 2 aromatic carbocycles. The van der Waals surface area contributed by atoms with E-state index in [1.54, 1.807) is 13.2 Å². The van der Waals surface area contributed by atoms with Crippen molar-refractivity contribution in [2.45, 2.75) is 24.4 Å². The van der Waals surface area contributed by atoms with E-state index in [4.69, 9.17) is 14.2 Å². The number of aliphatic imine (C=N–C) groups is 2. The number of ether oxygens (including phenoxy) is 3. The van der Waals surface area contributed by atoms with E-state index in [0.717, 1.165) is 11.3 Å². The molecule has 0 radical (unpaired) electrons. The molecule has 0 aliphatic carbocycles. The van der Waals surface area contributed by atoms with Crippen LogP contribution in [0.15, 0.2) is 76.3 Å². The number of carbonyl (C=O) groups excluding carboxylic acids is 1. The molecule has 9 nitrogen and oxygen atoms in total. The van der Waals surface area contributed by atoms with Crippen molar-refractivity contribution in [2.75, 3.05) is 12.9 Å². The third-order valence-corrected chi connectivity index (χ3v) is 6.19. The molecule has 3 aromatic rings. The minimum absolute atomic E-state index is 0.241. The number of methoxy groups -OCH3 is 1. The maximum atomic E-state index is 12.5. The zero-order valence-electron chi connectivity index (χ0n) is 18.4. The molecule has 0 saturated heterocycles. The first kappa shape index (κ1) is 21.9. The average Bonchev–Trinajstić information content (AvgIpc) is 3.43. The van der Waals surface area contributed by atoms with Crippen molar-refractivity contribution < 1.29 is 19.0 Å². The third kappa shape index (κ3) is 4.32. The van der Waals surface area contributed by atoms with Crippen LogP contribution in [0, 0.1) is 0 Å². The zero-order chi connectivity index (χ0) is 23.5. The van der Waals surface area contributed by atoms with E-state index >= 15 is 0 Å². The molecule has 34 heavy (non-hydrogen) atoms. The first-order chi connectivity index (χ1) is 16.7. The third-order valence-electron chi connectivity index (χ3n) is 5.23. The molecule has 0 saturated carbocycles. The Morgan fingerprint density at radius 3 is 2.71 bits per heavy atom. The first-order valence-electron chi connectivity index (χ1n) is 10.5. The number of aromatic nitrogens is 3. The summed E-state index contributed by atoms with van der Waals surface area (Å²) in [5, 5.41) is 9.23. The monoisotopic (exact) mass is 475 g/mol. The Hall–Kier alpha value is -3.92. The number of benzene rings is 2. The van der Waals surface area contributed by atoms with Crippen molar-refractivity contribution in [3.8, 4) is 17.2 Å². The van der Waals surface area contributed by atoms with Gasteiger partial charge in [0, 0.05) is 12.1 Å². The van der Waals surface area contributed by atoms with E-state index < -0.39 is 6.10 Å². The minimum atomic E-state index is -0.766. The Morgan fingerprint density at radius 2 is 1.91 bits per heavy atom. The molecular weight excluding hydrogens is 454 g/mol. The van der Waals surface area contributed by atoms with Gasteiger partial charge in [0.05, 0.1) is 12.9 Å². The number of nitrogens with zero attached hydrogens (tertiary/aromatic N) is 5. The largest absolute Gasteiger partial charge is 0.497 e. The SMILES string of the molecule is C=CCn1c(COc2ccc(OC)cc2)nnc1SCC1=NC(=O)C2Oc3ccccc3C2=N1. The highest BCUT2D eigenvalue weighted by atomic mass is 32.2. The van der Waals surface area contributed by atoms with Crippen LogP contribution in [0.1, 0.15) is 11.4 Å². The lowest BCUT2D eigenvalue weighted by Gasteiger charge is -2.14. The number of amides is 1. The normalized spacial score (nSPS) is 16.1. The quantitative estimate of drug-likeness (QED) is 0.346. The highest BCUT2D eigenvalue weighted by Crippen LogP contribution is 2.31. The second-order valence-corrected chi connectivity index (χ2v) is 8.35. The Kier molecular flexibility index (Phi) is 6.13. The topological polar surface area (TPSA) is 100 Å². The van der Waals surface area contributed by atoms with Crippen molar-refractivity contribution in [1.29, 1.82) is 0 Å². The van der Waals surface area contributed by atoms with Gasteiger partial charge < -0.3 is 14.2 Å². The summed E-state index contributed by atoms with van der Waals surface area (Å²) in [6, 6.07) is 14.8. The van der Waals surface area contributed by atoms with E-state index in [0.29, 0.717) is 46.3 Å². The summed E-state index contributed by atoms with van der Waals surface area (Å²) in [4.78, 5) is 21.3.